The third kappa shape index (κ3) is 5.58. The van der Waals surface area contributed by atoms with Crippen molar-refractivity contribution in [3.63, 3.8) is 0 Å². The number of benzene rings is 4. The van der Waals surface area contributed by atoms with Crippen LogP contribution in [0.4, 0.5) is 0 Å². The quantitative estimate of drug-likeness (QED) is 0.285. The predicted octanol–water partition coefficient (Wildman–Crippen LogP) is 6.79. The number of hydrogen-bond acceptors (Lipinski definition) is 2. The molecule has 0 radical (unpaired) electrons. The third-order valence-electron chi connectivity index (χ3n) is 6.95. The highest BCUT2D eigenvalue weighted by Gasteiger charge is 2.30. The third-order valence-corrected chi connectivity index (χ3v) is 6.95. The van der Waals surface area contributed by atoms with Gasteiger partial charge in [0.15, 0.2) is 0 Å². The average Bonchev–Trinajstić information content (AvgIpc) is 2.91. The molecule has 0 spiro atoms. The number of nitrogens with one attached hydrogen (secondary N) is 1. The highest BCUT2D eigenvalue weighted by Crippen LogP contribution is 2.41. The lowest BCUT2D eigenvalue weighted by atomic mass is 9.71. The van der Waals surface area contributed by atoms with Crippen LogP contribution in [0.25, 0.3) is 0 Å². The van der Waals surface area contributed by atoms with E-state index in [0.717, 1.165) is 31.7 Å². The summed E-state index contributed by atoms with van der Waals surface area (Å²) in [7, 11) is 0. The van der Waals surface area contributed by atoms with Crippen molar-refractivity contribution < 1.29 is 4.74 Å². The fourth-order valence-corrected chi connectivity index (χ4v) is 5.19. The highest BCUT2D eigenvalue weighted by atomic mass is 16.5. The van der Waals surface area contributed by atoms with Gasteiger partial charge in [-0.1, -0.05) is 97.1 Å². The van der Waals surface area contributed by atoms with E-state index >= 15 is 0 Å². The zero-order chi connectivity index (χ0) is 23.0. The van der Waals surface area contributed by atoms with Gasteiger partial charge in [-0.15, -0.1) is 0 Å². The second-order valence-electron chi connectivity index (χ2n) is 9.26. The first-order chi connectivity index (χ1) is 16.9. The van der Waals surface area contributed by atoms with Crippen LogP contribution in [0.3, 0.4) is 0 Å². The molecular weight excluding hydrogens is 414 g/mol. The van der Waals surface area contributed by atoms with Crippen LogP contribution in [0.15, 0.2) is 109 Å². The Morgan fingerprint density at radius 1 is 0.735 bits per heavy atom. The molecule has 0 saturated carbocycles. The minimum atomic E-state index is 0.414. The fraction of sp³-hybridized carbons (Fsp3) is 0.250. The molecule has 0 heterocycles. The smallest absolute Gasteiger partial charge is 0.120 e. The molecule has 2 heteroatoms. The minimum absolute atomic E-state index is 0.414. The Morgan fingerprint density at radius 2 is 1.41 bits per heavy atom. The maximum atomic E-state index is 6.14. The van der Waals surface area contributed by atoms with Gasteiger partial charge >= 0.3 is 0 Å². The summed E-state index contributed by atoms with van der Waals surface area (Å²) in [5.74, 6) is 1.97. The summed E-state index contributed by atoms with van der Waals surface area (Å²) in [6, 6.07) is 38.9. The first-order valence-electron chi connectivity index (χ1n) is 12.5. The Kier molecular flexibility index (Phi) is 7.37. The minimum Gasteiger partial charge on any atom is -0.489 e. The van der Waals surface area contributed by atoms with Crippen LogP contribution in [-0.2, 0) is 19.4 Å². The highest BCUT2D eigenvalue weighted by molar-refractivity contribution is 5.45. The van der Waals surface area contributed by atoms with Crippen LogP contribution in [0.2, 0.25) is 0 Å². The molecule has 0 unspecified atom stereocenters. The van der Waals surface area contributed by atoms with Gasteiger partial charge in [0.05, 0.1) is 0 Å². The Balaban J connectivity index is 1.29. The van der Waals surface area contributed by atoms with E-state index in [1.165, 1.54) is 34.2 Å². The van der Waals surface area contributed by atoms with Crippen molar-refractivity contribution in [1.29, 1.82) is 0 Å². The van der Waals surface area contributed by atoms with Crippen molar-refractivity contribution in [3.8, 4) is 5.75 Å². The maximum Gasteiger partial charge on any atom is 0.120 e. The van der Waals surface area contributed by atoms with Gasteiger partial charge in [0, 0.05) is 5.92 Å². The van der Waals surface area contributed by atoms with Crippen molar-refractivity contribution in [2.45, 2.75) is 31.8 Å². The van der Waals surface area contributed by atoms with Gasteiger partial charge in [-0.05, 0) is 78.2 Å². The van der Waals surface area contributed by atoms with Crippen molar-refractivity contribution in [1.82, 2.24) is 5.32 Å². The van der Waals surface area contributed by atoms with Gasteiger partial charge < -0.3 is 10.1 Å². The topological polar surface area (TPSA) is 21.3 Å². The van der Waals surface area contributed by atoms with Crippen LogP contribution in [0, 0.1) is 5.92 Å². The molecule has 0 aliphatic heterocycles. The second-order valence-corrected chi connectivity index (χ2v) is 9.26. The van der Waals surface area contributed by atoms with E-state index in [9.17, 15) is 0 Å². The van der Waals surface area contributed by atoms with Crippen molar-refractivity contribution in [3.05, 3.63) is 137 Å². The molecule has 1 aliphatic carbocycles. The molecule has 2 nitrogen and oxygen atoms in total. The molecule has 0 fully saturated rings. The van der Waals surface area contributed by atoms with Gasteiger partial charge in [0.2, 0.25) is 0 Å². The summed E-state index contributed by atoms with van der Waals surface area (Å²) in [5, 5.41) is 3.76. The SMILES string of the molecule is c1ccc(CCNC[C@@H]2CCc3cc(OCc4ccccc4)ccc3[C@@H]2c2ccccc2)cc1. The van der Waals surface area contributed by atoms with Crippen LogP contribution in [0.1, 0.15) is 40.2 Å². The molecule has 0 aromatic heterocycles. The number of aryl methyl sites for hydroxylation is 1. The Labute approximate surface area is 203 Å². The molecule has 0 amide bonds. The van der Waals surface area contributed by atoms with Gasteiger partial charge in [-0.25, -0.2) is 0 Å². The summed E-state index contributed by atoms with van der Waals surface area (Å²) in [4.78, 5) is 0. The number of ether oxygens (including phenoxy) is 1. The van der Waals surface area contributed by atoms with Crippen LogP contribution >= 0.6 is 0 Å². The van der Waals surface area contributed by atoms with E-state index in [1.807, 2.05) is 6.07 Å². The molecule has 172 valence electrons. The fourth-order valence-electron chi connectivity index (χ4n) is 5.19. The molecule has 0 saturated heterocycles. The molecule has 0 bridgehead atoms. The summed E-state index contributed by atoms with van der Waals surface area (Å²) in [5.41, 5.74) is 6.89. The summed E-state index contributed by atoms with van der Waals surface area (Å²) in [6.45, 7) is 2.66. The lowest BCUT2D eigenvalue weighted by molar-refractivity contribution is 0.304. The van der Waals surface area contributed by atoms with Crippen molar-refractivity contribution in [2.24, 2.45) is 5.92 Å². The van der Waals surface area contributed by atoms with Crippen LogP contribution in [-0.4, -0.2) is 13.1 Å². The summed E-state index contributed by atoms with van der Waals surface area (Å²) in [6.07, 6.45) is 3.36. The summed E-state index contributed by atoms with van der Waals surface area (Å²) < 4.78 is 6.14. The first kappa shape index (κ1) is 22.4. The van der Waals surface area contributed by atoms with E-state index in [4.69, 9.17) is 4.74 Å². The maximum absolute atomic E-state index is 6.14. The van der Waals surface area contributed by atoms with Gasteiger partial charge in [0.1, 0.15) is 12.4 Å². The molecule has 34 heavy (non-hydrogen) atoms. The molecule has 5 rings (SSSR count). The largest absolute Gasteiger partial charge is 0.489 e. The van der Waals surface area contributed by atoms with Gasteiger partial charge in [0.25, 0.3) is 0 Å². The summed E-state index contributed by atoms with van der Waals surface area (Å²) >= 11 is 0. The lowest BCUT2D eigenvalue weighted by Gasteiger charge is -2.34. The van der Waals surface area contributed by atoms with E-state index in [2.05, 4.69) is 108 Å². The monoisotopic (exact) mass is 447 g/mol. The van der Waals surface area contributed by atoms with E-state index in [-0.39, 0.29) is 0 Å². The van der Waals surface area contributed by atoms with Crippen LogP contribution in [0.5, 0.6) is 5.75 Å². The standard InChI is InChI=1S/C32H33NO/c1-4-10-25(11-5-1)20-21-33-23-29-17-16-28-22-30(34-24-26-12-6-2-7-13-26)18-19-31(28)32(29)27-14-8-3-9-15-27/h1-15,18-19,22,29,32-33H,16-17,20-21,23-24H2/t29-,32+/m0/s1. The molecule has 4 aromatic rings. The Hall–Kier alpha value is -3.36. The number of rotatable bonds is 9. The van der Waals surface area contributed by atoms with Crippen molar-refractivity contribution in [2.75, 3.05) is 13.1 Å². The second kappa shape index (κ2) is 11.2. The Bertz CT molecular complexity index is 1160. The van der Waals surface area contributed by atoms with E-state index in [0.29, 0.717) is 18.4 Å². The number of hydrogen-bond donors (Lipinski definition) is 1. The zero-order valence-corrected chi connectivity index (χ0v) is 19.7. The van der Waals surface area contributed by atoms with E-state index < -0.39 is 0 Å². The van der Waals surface area contributed by atoms with Crippen molar-refractivity contribution >= 4 is 0 Å². The molecule has 4 aromatic carbocycles. The van der Waals surface area contributed by atoms with Gasteiger partial charge in [-0.3, -0.25) is 0 Å². The first-order valence-corrected chi connectivity index (χ1v) is 12.5. The lowest BCUT2D eigenvalue weighted by Crippen LogP contribution is -2.32. The van der Waals surface area contributed by atoms with E-state index in [1.54, 1.807) is 0 Å². The molecule has 1 aliphatic rings. The zero-order valence-electron chi connectivity index (χ0n) is 19.7. The molecule has 1 N–H and O–H groups in total. The van der Waals surface area contributed by atoms with Gasteiger partial charge in [-0.2, -0.15) is 0 Å². The number of fused-ring (bicyclic) bond motifs is 1. The molecule has 2 atom stereocenters. The van der Waals surface area contributed by atoms with Crippen LogP contribution < -0.4 is 10.1 Å². The predicted molar refractivity (Wildman–Crippen MR) is 140 cm³/mol. The normalized spacial score (nSPS) is 17.2. The average molecular weight is 448 g/mol. The molecular formula is C32H33NO. The Morgan fingerprint density at radius 3 is 2.15 bits per heavy atom.